The summed E-state index contributed by atoms with van der Waals surface area (Å²) in [7, 11) is 0. The summed E-state index contributed by atoms with van der Waals surface area (Å²) >= 11 is 5.99. The van der Waals surface area contributed by atoms with Crippen LogP contribution in [0.3, 0.4) is 0 Å². The fourth-order valence-corrected chi connectivity index (χ4v) is 4.81. The molecule has 0 spiro atoms. The van der Waals surface area contributed by atoms with Crippen molar-refractivity contribution in [2.24, 2.45) is 0 Å². The molecule has 34 heavy (non-hydrogen) atoms. The molecule has 5 rings (SSSR count). The molecular formula is C28H27ClN2O3. The average molecular weight is 475 g/mol. The number of nitrogens with zero attached hydrogens (tertiary/aromatic N) is 2. The van der Waals surface area contributed by atoms with Crippen LogP contribution in [0.15, 0.2) is 98.6 Å². The van der Waals surface area contributed by atoms with E-state index in [4.69, 9.17) is 20.4 Å². The van der Waals surface area contributed by atoms with Gasteiger partial charge in [0.1, 0.15) is 0 Å². The minimum atomic E-state index is -0.668. The highest BCUT2D eigenvalue weighted by molar-refractivity contribution is 6.30. The van der Waals surface area contributed by atoms with Gasteiger partial charge in [-0.3, -0.25) is 4.90 Å². The van der Waals surface area contributed by atoms with Crippen LogP contribution in [0.4, 0.5) is 0 Å². The lowest BCUT2D eigenvalue weighted by Gasteiger charge is -2.39. The Kier molecular flexibility index (Phi) is 6.95. The molecule has 6 heteroatoms. The Balaban J connectivity index is 1.25. The second kappa shape index (κ2) is 10.4. The third kappa shape index (κ3) is 5.17. The lowest BCUT2D eigenvalue weighted by molar-refractivity contribution is 0.109. The van der Waals surface area contributed by atoms with Gasteiger partial charge in [0.2, 0.25) is 0 Å². The van der Waals surface area contributed by atoms with Crippen LogP contribution in [0.1, 0.15) is 22.9 Å². The Morgan fingerprint density at radius 1 is 0.765 bits per heavy atom. The first-order valence-electron chi connectivity index (χ1n) is 11.6. The molecule has 0 N–H and O–H groups in total. The second-order valence-corrected chi connectivity index (χ2v) is 9.00. The molecule has 2 heterocycles. The summed E-state index contributed by atoms with van der Waals surface area (Å²) in [6, 6.07) is 28.9. The van der Waals surface area contributed by atoms with E-state index in [0.29, 0.717) is 23.0 Å². The Morgan fingerprint density at radius 2 is 1.35 bits per heavy atom. The van der Waals surface area contributed by atoms with Crippen LogP contribution in [0.2, 0.25) is 5.02 Å². The average Bonchev–Trinajstić information content (AvgIpc) is 3.26. The number of benzene rings is 3. The van der Waals surface area contributed by atoms with Crippen LogP contribution in [-0.4, -0.2) is 42.5 Å². The van der Waals surface area contributed by atoms with Crippen molar-refractivity contribution in [2.45, 2.75) is 12.5 Å². The first-order valence-corrected chi connectivity index (χ1v) is 12.0. The van der Waals surface area contributed by atoms with Crippen LogP contribution in [0.25, 0.3) is 11.3 Å². The van der Waals surface area contributed by atoms with Gasteiger partial charge in [-0.15, -0.1) is 0 Å². The summed E-state index contributed by atoms with van der Waals surface area (Å²) in [6.07, 6.45) is 0.616. The monoisotopic (exact) mass is 474 g/mol. The van der Waals surface area contributed by atoms with Crippen molar-refractivity contribution >= 4 is 11.6 Å². The summed E-state index contributed by atoms with van der Waals surface area (Å²) in [6.45, 7) is 4.64. The number of halogens is 1. The van der Waals surface area contributed by atoms with Gasteiger partial charge in [-0.1, -0.05) is 72.3 Å². The lowest BCUT2D eigenvalue weighted by atomic mass is 9.96. The van der Waals surface area contributed by atoms with Crippen molar-refractivity contribution < 1.29 is 8.83 Å². The Labute approximate surface area is 204 Å². The van der Waals surface area contributed by atoms with Crippen LogP contribution in [0, 0.1) is 0 Å². The van der Waals surface area contributed by atoms with Gasteiger partial charge in [-0.25, -0.2) is 4.79 Å². The maximum absolute atomic E-state index is 11.8. The van der Waals surface area contributed by atoms with Gasteiger partial charge in [-0.05, 0) is 35.4 Å². The summed E-state index contributed by atoms with van der Waals surface area (Å²) < 4.78 is 10.7. The van der Waals surface area contributed by atoms with E-state index in [9.17, 15) is 4.79 Å². The van der Waals surface area contributed by atoms with E-state index in [1.807, 2.05) is 12.1 Å². The van der Waals surface area contributed by atoms with E-state index in [-0.39, 0.29) is 6.04 Å². The second-order valence-electron chi connectivity index (χ2n) is 8.56. The van der Waals surface area contributed by atoms with Gasteiger partial charge in [0.15, 0.2) is 11.5 Å². The molecule has 1 fully saturated rings. The number of hydrogen-bond acceptors (Lipinski definition) is 5. The summed E-state index contributed by atoms with van der Waals surface area (Å²) in [5.41, 5.74) is 3.42. The topological polar surface area (TPSA) is 49.8 Å². The first-order chi connectivity index (χ1) is 16.7. The normalized spacial score (nSPS) is 15.1. The number of hydrogen-bond donors (Lipinski definition) is 0. The fourth-order valence-electron chi connectivity index (χ4n) is 4.68. The largest absolute Gasteiger partial charge is 0.519 e. The van der Waals surface area contributed by atoms with Crippen molar-refractivity contribution in [2.75, 3.05) is 32.7 Å². The molecule has 1 aliphatic heterocycles. The van der Waals surface area contributed by atoms with E-state index < -0.39 is 5.82 Å². The molecule has 1 saturated heterocycles. The van der Waals surface area contributed by atoms with E-state index in [1.54, 1.807) is 12.1 Å². The van der Waals surface area contributed by atoms with Crippen LogP contribution in [0.5, 0.6) is 0 Å². The molecule has 0 radical (unpaired) electrons. The number of piperazine rings is 1. The van der Waals surface area contributed by atoms with Gasteiger partial charge in [0.05, 0.1) is 6.04 Å². The van der Waals surface area contributed by atoms with Crippen molar-refractivity contribution in [1.82, 2.24) is 9.80 Å². The molecule has 0 aliphatic carbocycles. The maximum Gasteiger partial charge on any atom is 0.519 e. The van der Waals surface area contributed by atoms with Gasteiger partial charge in [0.25, 0.3) is 0 Å². The molecule has 0 saturated carbocycles. The van der Waals surface area contributed by atoms with Crippen molar-refractivity contribution in [1.29, 1.82) is 0 Å². The zero-order valence-electron chi connectivity index (χ0n) is 18.9. The van der Waals surface area contributed by atoms with Crippen molar-refractivity contribution in [3.05, 3.63) is 117 Å². The lowest BCUT2D eigenvalue weighted by Crippen LogP contribution is -2.48. The van der Waals surface area contributed by atoms with E-state index in [1.165, 1.54) is 11.1 Å². The highest BCUT2D eigenvalue weighted by Crippen LogP contribution is 2.30. The van der Waals surface area contributed by atoms with E-state index >= 15 is 0 Å². The molecule has 0 unspecified atom stereocenters. The molecule has 0 amide bonds. The Bertz CT molecular complexity index is 1200. The summed E-state index contributed by atoms with van der Waals surface area (Å²) in [5.74, 6) is 0.410. The predicted molar refractivity (Wildman–Crippen MR) is 134 cm³/mol. The smallest absolute Gasteiger partial charge is 0.395 e. The molecule has 5 nitrogen and oxygen atoms in total. The maximum atomic E-state index is 11.8. The van der Waals surface area contributed by atoms with Gasteiger partial charge in [-0.2, -0.15) is 0 Å². The molecule has 1 aromatic heterocycles. The number of rotatable bonds is 7. The molecular weight excluding hydrogens is 448 g/mol. The van der Waals surface area contributed by atoms with Crippen LogP contribution >= 0.6 is 11.6 Å². The predicted octanol–water partition coefficient (Wildman–Crippen LogP) is 5.50. The molecule has 3 aromatic carbocycles. The third-order valence-corrected chi connectivity index (χ3v) is 6.66. The molecule has 0 atom stereocenters. The summed E-state index contributed by atoms with van der Waals surface area (Å²) in [4.78, 5) is 16.8. The van der Waals surface area contributed by atoms with Crippen LogP contribution < -0.4 is 5.82 Å². The SMILES string of the molecule is O=c1oc(CCN2CCN(C(c3ccccc3)c3ccccc3)CC2)c(-c2ccc(Cl)cc2)o1. The first kappa shape index (κ1) is 22.7. The van der Waals surface area contributed by atoms with Crippen molar-refractivity contribution in [3.8, 4) is 11.3 Å². The highest BCUT2D eigenvalue weighted by atomic mass is 35.5. The van der Waals surface area contributed by atoms with Crippen LogP contribution in [-0.2, 0) is 6.42 Å². The highest BCUT2D eigenvalue weighted by Gasteiger charge is 2.26. The summed E-state index contributed by atoms with van der Waals surface area (Å²) in [5, 5.41) is 0.637. The Morgan fingerprint density at radius 3 is 1.94 bits per heavy atom. The molecule has 1 aliphatic rings. The third-order valence-electron chi connectivity index (χ3n) is 6.41. The standard InChI is InChI=1S/C28H27ClN2O3/c29-24-13-11-23(12-14-24)27-25(33-28(32)34-27)15-16-30-17-19-31(20-18-30)26(21-7-3-1-4-8-21)22-9-5-2-6-10-22/h1-14,26H,15-20H2. The molecule has 4 aromatic rings. The minimum Gasteiger partial charge on any atom is -0.395 e. The zero-order chi connectivity index (χ0) is 23.3. The quantitative estimate of drug-likeness (QED) is 0.354. The van der Waals surface area contributed by atoms with Gasteiger partial charge < -0.3 is 13.7 Å². The van der Waals surface area contributed by atoms with E-state index in [0.717, 1.165) is 38.3 Å². The molecule has 0 bridgehead atoms. The zero-order valence-corrected chi connectivity index (χ0v) is 19.7. The minimum absolute atomic E-state index is 0.243. The fraction of sp³-hybridized carbons (Fsp3) is 0.250. The van der Waals surface area contributed by atoms with Gasteiger partial charge in [0, 0.05) is 49.7 Å². The van der Waals surface area contributed by atoms with E-state index in [2.05, 4.69) is 70.5 Å². The molecule has 174 valence electrons. The van der Waals surface area contributed by atoms with Gasteiger partial charge >= 0.3 is 5.82 Å². The Hall–Kier alpha value is -3.12. The van der Waals surface area contributed by atoms with Crippen molar-refractivity contribution in [3.63, 3.8) is 0 Å².